The molecule has 7 nitrogen and oxygen atoms in total. The number of ether oxygens (including phenoxy) is 4. The zero-order valence-electron chi connectivity index (χ0n) is 23.5. The second-order valence-corrected chi connectivity index (χ2v) is 12.4. The highest BCUT2D eigenvalue weighted by molar-refractivity contribution is 5.69. The number of esters is 2. The third-order valence-electron chi connectivity index (χ3n) is 10.7. The minimum absolute atomic E-state index is 0.0902. The van der Waals surface area contributed by atoms with Crippen molar-refractivity contribution in [3.05, 3.63) is 11.6 Å². The monoisotopic (exact) mass is 518 g/mol. The molecule has 0 radical (unpaired) electrons. The number of carbonyl (C=O) groups excluding carboxylic acids is 3. The average molecular weight is 519 g/mol. The smallest absolute Gasteiger partial charge is 0.469 e. The van der Waals surface area contributed by atoms with Crippen molar-refractivity contribution in [3.63, 3.8) is 0 Å². The van der Waals surface area contributed by atoms with Gasteiger partial charge in [0.25, 0.3) is 0 Å². The SMILES string of the molecule is CCOC(=O)O[C@@H]1CC[C@@]2(C)[C@H](CC=C3[C@@H]2C[C@H](OC(C)=O)[C@]2(C)[C@@H]([C@H](C)CCC(=O)OC)CC[C@@H]32)C1. The summed E-state index contributed by atoms with van der Waals surface area (Å²) < 4.78 is 21.7. The van der Waals surface area contributed by atoms with Crippen LogP contribution in [-0.2, 0) is 28.5 Å². The van der Waals surface area contributed by atoms with Gasteiger partial charge in [-0.15, -0.1) is 0 Å². The van der Waals surface area contributed by atoms with Gasteiger partial charge in [0, 0.05) is 18.8 Å². The lowest BCUT2D eigenvalue weighted by Gasteiger charge is -2.59. The molecule has 9 atom stereocenters. The van der Waals surface area contributed by atoms with Crippen LogP contribution in [0.3, 0.4) is 0 Å². The summed E-state index contributed by atoms with van der Waals surface area (Å²) >= 11 is 0. The maximum Gasteiger partial charge on any atom is 0.508 e. The molecule has 7 heteroatoms. The summed E-state index contributed by atoms with van der Waals surface area (Å²) in [5, 5.41) is 0. The van der Waals surface area contributed by atoms with Crippen LogP contribution in [0.2, 0.25) is 0 Å². The van der Waals surface area contributed by atoms with E-state index in [1.165, 1.54) is 14.0 Å². The van der Waals surface area contributed by atoms with Crippen molar-refractivity contribution in [1.29, 1.82) is 0 Å². The number of rotatable bonds is 7. The van der Waals surface area contributed by atoms with Gasteiger partial charge in [0.1, 0.15) is 12.2 Å². The van der Waals surface area contributed by atoms with Crippen molar-refractivity contribution in [1.82, 2.24) is 0 Å². The minimum atomic E-state index is -0.565. The van der Waals surface area contributed by atoms with Crippen LogP contribution in [0.5, 0.6) is 0 Å². The van der Waals surface area contributed by atoms with Crippen LogP contribution in [0.15, 0.2) is 11.6 Å². The van der Waals surface area contributed by atoms with Crippen molar-refractivity contribution in [2.24, 2.45) is 40.4 Å². The Morgan fingerprint density at radius 3 is 2.51 bits per heavy atom. The van der Waals surface area contributed by atoms with Crippen molar-refractivity contribution >= 4 is 18.1 Å². The quantitative estimate of drug-likeness (QED) is 0.224. The van der Waals surface area contributed by atoms with Gasteiger partial charge in [0.2, 0.25) is 0 Å². The lowest BCUT2D eigenvalue weighted by molar-refractivity contribution is -0.168. The second-order valence-electron chi connectivity index (χ2n) is 12.4. The predicted molar refractivity (Wildman–Crippen MR) is 138 cm³/mol. The van der Waals surface area contributed by atoms with E-state index in [1.54, 1.807) is 12.5 Å². The van der Waals surface area contributed by atoms with Crippen molar-refractivity contribution in [2.75, 3.05) is 13.7 Å². The number of hydrogen-bond acceptors (Lipinski definition) is 7. The second kappa shape index (κ2) is 11.0. The van der Waals surface area contributed by atoms with E-state index in [9.17, 15) is 14.4 Å². The highest BCUT2D eigenvalue weighted by Gasteiger charge is 2.63. The summed E-state index contributed by atoms with van der Waals surface area (Å²) in [5.74, 6) is 1.51. The fourth-order valence-electron chi connectivity index (χ4n) is 8.80. The third-order valence-corrected chi connectivity index (χ3v) is 10.7. The Labute approximate surface area is 222 Å². The van der Waals surface area contributed by atoms with E-state index in [0.717, 1.165) is 51.4 Å². The summed E-state index contributed by atoms with van der Waals surface area (Å²) in [6.07, 6.45) is 9.58. The van der Waals surface area contributed by atoms with E-state index in [1.807, 2.05) is 0 Å². The van der Waals surface area contributed by atoms with Gasteiger partial charge in [0.15, 0.2) is 0 Å². The highest BCUT2D eigenvalue weighted by atomic mass is 16.7. The molecule has 208 valence electrons. The fraction of sp³-hybridized carbons (Fsp3) is 0.833. The van der Waals surface area contributed by atoms with E-state index in [-0.39, 0.29) is 35.0 Å². The molecule has 4 aliphatic carbocycles. The van der Waals surface area contributed by atoms with Crippen LogP contribution in [-0.4, -0.2) is 44.0 Å². The number of fused-ring (bicyclic) bond motifs is 5. The van der Waals surface area contributed by atoms with Crippen LogP contribution in [0.1, 0.15) is 92.4 Å². The molecule has 0 amide bonds. The molecule has 0 aromatic carbocycles. The molecule has 4 aliphatic rings. The zero-order chi connectivity index (χ0) is 27.0. The average Bonchev–Trinajstić information content (AvgIpc) is 3.21. The number of allylic oxidation sites excluding steroid dienone is 2. The van der Waals surface area contributed by atoms with E-state index in [0.29, 0.717) is 42.6 Å². The topological polar surface area (TPSA) is 88.1 Å². The van der Waals surface area contributed by atoms with Gasteiger partial charge in [-0.1, -0.05) is 32.4 Å². The number of carbonyl (C=O) groups is 3. The predicted octanol–water partition coefficient (Wildman–Crippen LogP) is 6.24. The first kappa shape index (κ1) is 28.0. The number of methoxy groups -OCH3 is 1. The molecule has 0 aromatic heterocycles. The first-order valence-electron chi connectivity index (χ1n) is 14.3. The maximum absolute atomic E-state index is 12.3. The van der Waals surface area contributed by atoms with Crippen molar-refractivity contribution in [3.8, 4) is 0 Å². The maximum atomic E-state index is 12.3. The molecule has 0 bridgehead atoms. The molecule has 3 fully saturated rings. The summed E-state index contributed by atoms with van der Waals surface area (Å²) in [6.45, 7) is 10.6. The van der Waals surface area contributed by atoms with Crippen LogP contribution >= 0.6 is 0 Å². The van der Waals surface area contributed by atoms with Gasteiger partial charge >= 0.3 is 18.1 Å². The Morgan fingerprint density at radius 2 is 1.84 bits per heavy atom. The molecule has 4 rings (SSSR count). The van der Waals surface area contributed by atoms with E-state index < -0.39 is 6.16 Å². The highest BCUT2D eigenvalue weighted by Crippen LogP contribution is 2.67. The summed E-state index contributed by atoms with van der Waals surface area (Å²) in [5.41, 5.74) is 1.52. The van der Waals surface area contributed by atoms with Crippen LogP contribution in [0, 0.1) is 40.4 Å². The van der Waals surface area contributed by atoms with Gasteiger partial charge in [-0.05, 0) is 93.3 Å². The molecule has 0 unspecified atom stereocenters. The normalized spacial score (nSPS) is 39.2. The van der Waals surface area contributed by atoms with Crippen LogP contribution in [0.25, 0.3) is 0 Å². The Morgan fingerprint density at radius 1 is 1.08 bits per heavy atom. The Bertz CT molecular complexity index is 912. The molecule has 0 aliphatic heterocycles. The lowest BCUT2D eigenvalue weighted by atomic mass is 9.47. The van der Waals surface area contributed by atoms with E-state index >= 15 is 0 Å². The molecule has 0 saturated heterocycles. The molecule has 0 heterocycles. The van der Waals surface area contributed by atoms with Gasteiger partial charge in [-0.3, -0.25) is 9.59 Å². The molecule has 0 N–H and O–H groups in total. The summed E-state index contributed by atoms with van der Waals surface area (Å²) in [7, 11) is 1.44. The molecule has 3 saturated carbocycles. The largest absolute Gasteiger partial charge is 0.508 e. The third kappa shape index (κ3) is 5.16. The zero-order valence-corrected chi connectivity index (χ0v) is 23.5. The van der Waals surface area contributed by atoms with Crippen LogP contribution in [0.4, 0.5) is 4.79 Å². The molecular formula is C30H46O7. The van der Waals surface area contributed by atoms with Gasteiger partial charge < -0.3 is 18.9 Å². The molecular weight excluding hydrogens is 472 g/mol. The molecule has 0 spiro atoms. The lowest BCUT2D eigenvalue weighted by Crippen LogP contribution is -2.56. The summed E-state index contributed by atoms with van der Waals surface area (Å²) in [4.78, 5) is 36.1. The van der Waals surface area contributed by atoms with Crippen LogP contribution < -0.4 is 0 Å². The Hall–Kier alpha value is -2.05. The molecule has 0 aromatic rings. The van der Waals surface area contributed by atoms with Gasteiger partial charge in [-0.2, -0.15) is 0 Å². The summed E-state index contributed by atoms with van der Waals surface area (Å²) in [6, 6.07) is 0. The first-order chi connectivity index (χ1) is 17.5. The minimum Gasteiger partial charge on any atom is -0.469 e. The van der Waals surface area contributed by atoms with E-state index in [4.69, 9.17) is 18.9 Å². The van der Waals surface area contributed by atoms with Gasteiger partial charge in [0.05, 0.1) is 13.7 Å². The standard InChI is InChI=1S/C30H46O7/c1-7-35-28(33)37-21-14-15-29(4)20(16-21)9-10-22-24-12-11-23(18(2)8-13-27(32)34-6)30(24,5)26(17-25(22)29)36-19(3)31/h10,18,20-21,23-26H,7-9,11-17H2,1-6H3/t18-,20-,21-,23-,24+,25+,26+,29+,30-/m1/s1. The number of hydrogen-bond donors (Lipinski definition) is 0. The Balaban J connectivity index is 1.58. The Kier molecular flexibility index (Phi) is 8.30. The fourth-order valence-corrected chi connectivity index (χ4v) is 8.80. The van der Waals surface area contributed by atoms with Crippen molar-refractivity contribution in [2.45, 2.75) is 105 Å². The molecule has 37 heavy (non-hydrogen) atoms. The first-order valence-corrected chi connectivity index (χ1v) is 14.3. The van der Waals surface area contributed by atoms with Crippen molar-refractivity contribution < 1.29 is 33.3 Å². The van der Waals surface area contributed by atoms with E-state index in [2.05, 4.69) is 26.8 Å². The van der Waals surface area contributed by atoms with Gasteiger partial charge in [-0.25, -0.2) is 4.79 Å².